The highest BCUT2D eigenvalue weighted by Crippen LogP contribution is 2.65. The number of phenolic OH excluding ortho intramolecular Hbond substituents is 1. The summed E-state index contributed by atoms with van der Waals surface area (Å²) in [5.41, 5.74) is 4.80. The van der Waals surface area contributed by atoms with Crippen LogP contribution >= 0.6 is 0 Å². The molecule has 0 radical (unpaired) electrons. The molecule has 8 aliphatic rings. The summed E-state index contributed by atoms with van der Waals surface area (Å²) in [6.45, 7) is 2.30. The molecule has 0 saturated heterocycles. The Morgan fingerprint density at radius 3 is 1.18 bits per heavy atom. The molecule has 8 saturated carbocycles. The van der Waals surface area contributed by atoms with E-state index in [1.807, 2.05) is 0 Å². The van der Waals surface area contributed by atoms with Crippen LogP contribution in [-0.4, -0.2) is 5.11 Å². The van der Waals surface area contributed by atoms with Crippen molar-refractivity contribution in [3.8, 4) is 5.75 Å². The molecule has 150 valence electrons. The maximum atomic E-state index is 11.8. The van der Waals surface area contributed by atoms with Crippen molar-refractivity contribution < 1.29 is 5.11 Å². The number of aromatic hydroxyl groups is 1. The summed E-state index contributed by atoms with van der Waals surface area (Å²) in [6, 6.07) is 4.82. The van der Waals surface area contributed by atoms with E-state index >= 15 is 0 Å². The quantitative estimate of drug-likeness (QED) is 0.613. The van der Waals surface area contributed by atoms with E-state index in [-0.39, 0.29) is 0 Å². The number of phenols is 1. The van der Waals surface area contributed by atoms with Crippen LogP contribution in [-0.2, 0) is 10.8 Å². The van der Waals surface area contributed by atoms with Gasteiger partial charge in [-0.2, -0.15) is 0 Å². The van der Waals surface area contributed by atoms with Gasteiger partial charge >= 0.3 is 0 Å². The largest absolute Gasteiger partial charge is 0.507 e. The molecule has 1 aromatic carbocycles. The van der Waals surface area contributed by atoms with Gasteiger partial charge in [-0.15, -0.1) is 0 Å². The standard InChI is InChI=1S/C27H36O/c1-16-2-23(26-10-17-4-18(11-26)6-19(5-17)12-26)25(28)24(3-16)27-13-20-7-21(14-27)9-22(8-20)15-27/h2-3,17-22,28H,4-15H2,1H3. The number of rotatable bonds is 2. The molecule has 1 heteroatoms. The molecule has 0 atom stereocenters. The maximum Gasteiger partial charge on any atom is 0.123 e. The Balaban J connectivity index is 1.36. The van der Waals surface area contributed by atoms with Gasteiger partial charge in [0, 0.05) is 11.1 Å². The number of aryl methyl sites for hydroxylation is 1. The van der Waals surface area contributed by atoms with E-state index in [0.29, 0.717) is 10.8 Å². The van der Waals surface area contributed by atoms with Crippen molar-refractivity contribution in [1.29, 1.82) is 0 Å². The molecule has 8 aliphatic carbocycles. The van der Waals surface area contributed by atoms with Crippen molar-refractivity contribution in [3.63, 3.8) is 0 Å². The average molecular weight is 377 g/mol. The molecular formula is C27H36O. The molecule has 9 rings (SSSR count). The van der Waals surface area contributed by atoms with Crippen LogP contribution in [0.15, 0.2) is 12.1 Å². The van der Waals surface area contributed by atoms with Crippen molar-refractivity contribution in [1.82, 2.24) is 0 Å². The fraction of sp³-hybridized carbons (Fsp3) is 0.778. The Bertz CT molecular complexity index is 697. The fourth-order valence-corrected chi connectivity index (χ4v) is 10.5. The van der Waals surface area contributed by atoms with Gasteiger partial charge in [-0.05, 0) is 130 Å². The SMILES string of the molecule is Cc1cc(C23CC4CC(CC(C4)C2)C3)c(O)c(C23CC4CC(CC(C4)C2)C3)c1. The molecule has 8 fully saturated rings. The Kier molecular flexibility index (Phi) is 3.22. The highest BCUT2D eigenvalue weighted by Gasteiger charge is 2.55. The van der Waals surface area contributed by atoms with Gasteiger partial charge < -0.3 is 5.11 Å². The van der Waals surface area contributed by atoms with E-state index in [1.165, 1.54) is 93.7 Å². The Morgan fingerprint density at radius 1 is 0.607 bits per heavy atom. The van der Waals surface area contributed by atoms with Gasteiger partial charge in [0.15, 0.2) is 0 Å². The summed E-state index contributed by atoms with van der Waals surface area (Å²) in [4.78, 5) is 0. The van der Waals surface area contributed by atoms with Crippen molar-refractivity contribution >= 4 is 0 Å². The van der Waals surface area contributed by atoms with Crippen molar-refractivity contribution in [2.45, 2.75) is 94.8 Å². The third-order valence-corrected chi connectivity index (χ3v) is 10.5. The zero-order chi connectivity index (χ0) is 18.7. The second-order valence-electron chi connectivity index (χ2n) is 12.6. The van der Waals surface area contributed by atoms with Crippen LogP contribution in [0.2, 0.25) is 0 Å². The monoisotopic (exact) mass is 376 g/mol. The van der Waals surface area contributed by atoms with E-state index in [4.69, 9.17) is 0 Å². The molecule has 0 aliphatic heterocycles. The molecule has 1 aromatic rings. The second kappa shape index (κ2) is 5.38. The van der Waals surface area contributed by atoms with E-state index < -0.39 is 0 Å². The second-order valence-corrected chi connectivity index (χ2v) is 12.6. The van der Waals surface area contributed by atoms with Gasteiger partial charge in [-0.25, -0.2) is 0 Å². The van der Waals surface area contributed by atoms with Gasteiger partial charge in [0.2, 0.25) is 0 Å². The van der Waals surface area contributed by atoms with E-state index in [2.05, 4.69) is 19.1 Å². The number of benzene rings is 1. The van der Waals surface area contributed by atoms with Crippen molar-refractivity contribution in [2.75, 3.05) is 0 Å². The van der Waals surface area contributed by atoms with E-state index in [1.54, 1.807) is 0 Å². The molecule has 1 N–H and O–H groups in total. The lowest BCUT2D eigenvalue weighted by molar-refractivity contribution is -0.0103. The minimum Gasteiger partial charge on any atom is -0.507 e. The van der Waals surface area contributed by atoms with Crippen LogP contribution in [0.3, 0.4) is 0 Å². The lowest BCUT2D eigenvalue weighted by Crippen LogP contribution is -2.50. The molecular weight excluding hydrogens is 340 g/mol. The normalized spacial score (nSPS) is 50.5. The number of hydrogen-bond acceptors (Lipinski definition) is 1. The van der Waals surface area contributed by atoms with Crippen LogP contribution < -0.4 is 0 Å². The first kappa shape index (κ1) is 16.8. The molecule has 0 heterocycles. The minimum atomic E-state index is 0.307. The van der Waals surface area contributed by atoms with Gasteiger partial charge in [-0.1, -0.05) is 17.7 Å². The molecule has 8 bridgehead atoms. The van der Waals surface area contributed by atoms with Gasteiger partial charge in [0.05, 0.1) is 0 Å². The van der Waals surface area contributed by atoms with Crippen LogP contribution in [0.4, 0.5) is 0 Å². The number of hydrogen-bond donors (Lipinski definition) is 1. The highest BCUT2D eigenvalue weighted by molar-refractivity contribution is 5.52. The predicted octanol–water partition coefficient (Wildman–Crippen LogP) is 6.64. The predicted molar refractivity (Wildman–Crippen MR) is 113 cm³/mol. The first-order valence-corrected chi connectivity index (χ1v) is 12.3. The van der Waals surface area contributed by atoms with Gasteiger partial charge in [0.1, 0.15) is 5.75 Å². The van der Waals surface area contributed by atoms with Gasteiger partial charge in [-0.3, -0.25) is 0 Å². The fourth-order valence-electron chi connectivity index (χ4n) is 10.5. The smallest absolute Gasteiger partial charge is 0.123 e. The Morgan fingerprint density at radius 2 is 0.893 bits per heavy atom. The summed E-state index contributed by atoms with van der Waals surface area (Å²) in [7, 11) is 0. The molecule has 0 unspecified atom stereocenters. The Hall–Kier alpha value is -0.980. The lowest BCUT2D eigenvalue weighted by atomic mass is 9.46. The molecule has 1 nitrogen and oxygen atoms in total. The first-order chi connectivity index (χ1) is 13.5. The van der Waals surface area contributed by atoms with E-state index in [9.17, 15) is 5.11 Å². The zero-order valence-corrected chi connectivity index (χ0v) is 17.6. The highest BCUT2D eigenvalue weighted by atomic mass is 16.3. The van der Waals surface area contributed by atoms with Gasteiger partial charge in [0.25, 0.3) is 0 Å². The summed E-state index contributed by atoms with van der Waals surface area (Å²) >= 11 is 0. The van der Waals surface area contributed by atoms with E-state index in [0.717, 1.165) is 41.3 Å². The lowest BCUT2D eigenvalue weighted by Gasteiger charge is -2.59. The molecule has 0 aromatic heterocycles. The molecule has 0 spiro atoms. The molecule has 28 heavy (non-hydrogen) atoms. The van der Waals surface area contributed by atoms with Crippen LogP contribution in [0, 0.1) is 42.4 Å². The van der Waals surface area contributed by atoms with Crippen LogP contribution in [0.5, 0.6) is 5.75 Å². The molecule has 0 amide bonds. The minimum absolute atomic E-state index is 0.307. The third kappa shape index (κ3) is 2.20. The van der Waals surface area contributed by atoms with Crippen LogP contribution in [0.25, 0.3) is 0 Å². The zero-order valence-electron chi connectivity index (χ0n) is 17.6. The third-order valence-electron chi connectivity index (χ3n) is 10.5. The summed E-state index contributed by atoms with van der Waals surface area (Å²) in [6.07, 6.45) is 17.0. The average Bonchev–Trinajstić information content (AvgIpc) is 2.61. The van der Waals surface area contributed by atoms with Crippen molar-refractivity contribution in [3.05, 3.63) is 28.8 Å². The summed E-state index contributed by atoms with van der Waals surface area (Å²) in [5.74, 6) is 6.39. The first-order valence-electron chi connectivity index (χ1n) is 12.3. The Labute approximate surface area is 170 Å². The summed E-state index contributed by atoms with van der Waals surface area (Å²) < 4.78 is 0. The van der Waals surface area contributed by atoms with Crippen molar-refractivity contribution in [2.24, 2.45) is 35.5 Å². The summed E-state index contributed by atoms with van der Waals surface area (Å²) in [5, 5.41) is 11.8. The topological polar surface area (TPSA) is 20.2 Å². The van der Waals surface area contributed by atoms with Crippen LogP contribution in [0.1, 0.15) is 93.7 Å². The maximum absolute atomic E-state index is 11.8.